The Morgan fingerprint density at radius 3 is 2.81 bits per heavy atom. The Morgan fingerprint density at radius 2 is 2.10 bits per heavy atom. The van der Waals surface area contributed by atoms with E-state index in [0.29, 0.717) is 0 Å². The van der Waals surface area contributed by atoms with Crippen LogP contribution in [0.2, 0.25) is 0 Å². The predicted octanol–water partition coefficient (Wildman–Crippen LogP) is 4.48. The van der Waals surface area contributed by atoms with Gasteiger partial charge in [0.05, 0.1) is 6.04 Å². The molecule has 0 spiro atoms. The molecule has 0 fully saturated rings. The third-order valence-electron chi connectivity index (χ3n) is 3.46. The molecule has 1 N–H and O–H groups in total. The first-order chi connectivity index (χ1) is 10.3. The zero-order valence-electron chi connectivity index (χ0n) is 12.4. The fraction of sp³-hybridized carbons (Fsp3) is 0.353. The van der Waals surface area contributed by atoms with Crippen molar-refractivity contribution in [3.8, 4) is 0 Å². The summed E-state index contributed by atoms with van der Waals surface area (Å²) < 4.78 is 5.86. The van der Waals surface area contributed by atoms with Crippen molar-refractivity contribution in [2.45, 2.75) is 32.7 Å². The molecule has 4 heteroatoms. The van der Waals surface area contributed by atoms with Gasteiger partial charge in [0.1, 0.15) is 5.52 Å². The van der Waals surface area contributed by atoms with Crippen LogP contribution in [0.3, 0.4) is 0 Å². The van der Waals surface area contributed by atoms with Gasteiger partial charge in [0.25, 0.3) is 0 Å². The van der Waals surface area contributed by atoms with E-state index in [1.807, 2.05) is 35.6 Å². The van der Waals surface area contributed by atoms with Gasteiger partial charge in [-0.15, -0.1) is 11.3 Å². The van der Waals surface area contributed by atoms with Crippen molar-refractivity contribution in [2.24, 2.45) is 0 Å². The molecule has 0 aliphatic heterocycles. The maximum Gasteiger partial charge on any atom is 0.197 e. The van der Waals surface area contributed by atoms with Crippen LogP contribution in [0.25, 0.3) is 11.1 Å². The highest BCUT2D eigenvalue weighted by molar-refractivity contribution is 7.12. The van der Waals surface area contributed by atoms with Crippen LogP contribution >= 0.6 is 11.3 Å². The lowest BCUT2D eigenvalue weighted by molar-refractivity contribution is 0.457. The van der Waals surface area contributed by atoms with Crippen molar-refractivity contribution in [2.75, 3.05) is 6.54 Å². The van der Waals surface area contributed by atoms with Crippen LogP contribution in [0.4, 0.5) is 0 Å². The van der Waals surface area contributed by atoms with Gasteiger partial charge in [0.2, 0.25) is 0 Å². The highest BCUT2D eigenvalue weighted by atomic mass is 32.1. The summed E-state index contributed by atoms with van der Waals surface area (Å²) in [5.41, 5.74) is 1.80. The van der Waals surface area contributed by atoms with Crippen LogP contribution in [0.15, 0.2) is 40.8 Å². The molecule has 110 valence electrons. The quantitative estimate of drug-likeness (QED) is 0.729. The Kier molecular flexibility index (Phi) is 4.36. The summed E-state index contributed by atoms with van der Waals surface area (Å²) in [4.78, 5) is 7.28. The molecule has 0 saturated carbocycles. The molecule has 0 radical (unpaired) electrons. The second kappa shape index (κ2) is 6.41. The van der Waals surface area contributed by atoms with Crippen molar-refractivity contribution in [3.05, 3.63) is 52.0 Å². The molecule has 1 unspecified atom stereocenters. The maximum absolute atomic E-state index is 5.86. The fourth-order valence-electron chi connectivity index (χ4n) is 2.41. The van der Waals surface area contributed by atoms with Crippen LogP contribution in [-0.2, 0) is 6.42 Å². The maximum atomic E-state index is 5.86. The third-order valence-corrected chi connectivity index (χ3v) is 4.58. The minimum Gasteiger partial charge on any atom is -0.441 e. The zero-order chi connectivity index (χ0) is 14.7. The number of nitrogens with one attached hydrogen (secondary N) is 1. The van der Waals surface area contributed by atoms with Gasteiger partial charge in [-0.1, -0.05) is 19.1 Å². The molecule has 2 aromatic heterocycles. The number of aromatic nitrogens is 1. The molecular weight excluding hydrogens is 280 g/mol. The molecule has 0 aliphatic rings. The zero-order valence-corrected chi connectivity index (χ0v) is 13.2. The van der Waals surface area contributed by atoms with Crippen LogP contribution in [0.1, 0.15) is 35.0 Å². The van der Waals surface area contributed by atoms with Crippen molar-refractivity contribution in [3.63, 3.8) is 0 Å². The first kappa shape index (κ1) is 14.3. The summed E-state index contributed by atoms with van der Waals surface area (Å²) in [6.45, 7) is 5.33. The van der Waals surface area contributed by atoms with Crippen LogP contribution in [-0.4, -0.2) is 11.5 Å². The molecule has 3 aromatic rings. The first-order valence-corrected chi connectivity index (χ1v) is 8.22. The lowest BCUT2D eigenvalue weighted by atomic mass is 10.1. The lowest BCUT2D eigenvalue weighted by Gasteiger charge is -2.15. The Bertz CT molecular complexity index is 683. The van der Waals surface area contributed by atoms with E-state index < -0.39 is 0 Å². The molecule has 1 atom stereocenters. The van der Waals surface area contributed by atoms with Gasteiger partial charge < -0.3 is 9.73 Å². The lowest BCUT2D eigenvalue weighted by Crippen LogP contribution is -2.23. The second-order valence-corrected chi connectivity index (χ2v) is 6.55. The third kappa shape index (κ3) is 3.34. The number of para-hydroxylation sites is 2. The van der Waals surface area contributed by atoms with Crippen molar-refractivity contribution >= 4 is 22.4 Å². The van der Waals surface area contributed by atoms with Gasteiger partial charge in [-0.2, -0.15) is 0 Å². The molecule has 1 aromatic carbocycles. The first-order valence-electron chi connectivity index (χ1n) is 7.40. The Labute approximate surface area is 129 Å². The van der Waals surface area contributed by atoms with E-state index in [9.17, 15) is 0 Å². The van der Waals surface area contributed by atoms with Crippen molar-refractivity contribution in [1.82, 2.24) is 10.3 Å². The number of nitrogens with zero attached hydrogens (tertiary/aromatic N) is 1. The van der Waals surface area contributed by atoms with Gasteiger partial charge >= 0.3 is 0 Å². The van der Waals surface area contributed by atoms with Crippen LogP contribution in [0.5, 0.6) is 0 Å². The van der Waals surface area contributed by atoms with E-state index in [4.69, 9.17) is 4.42 Å². The monoisotopic (exact) mass is 300 g/mol. The number of rotatable bonds is 6. The minimum absolute atomic E-state index is 0.275. The Hall–Kier alpha value is -1.65. The molecule has 3 nitrogen and oxygen atoms in total. The summed E-state index contributed by atoms with van der Waals surface area (Å²) in [6.07, 6.45) is 1.91. The minimum atomic E-state index is 0.275. The van der Waals surface area contributed by atoms with E-state index in [-0.39, 0.29) is 6.04 Å². The van der Waals surface area contributed by atoms with Crippen molar-refractivity contribution in [1.29, 1.82) is 0 Å². The molecule has 0 saturated heterocycles. The van der Waals surface area contributed by atoms with Crippen molar-refractivity contribution < 1.29 is 4.42 Å². The fourth-order valence-corrected chi connectivity index (χ4v) is 3.37. The van der Waals surface area contributed by atoms with E-state index in [1.54, 1.807) is 0 Å². The number of benzene rings is 1. The predicted molar refractivity (Wildman–Crippen MR) is 87.8 cm³/mol. The molecule has 2 heterocycles. The molecule has 21 heavy (non-hydrogen) atoms. The van der Waals surface area contributed by atoms with Gasteiger partial charge in [-0.05, 0) is 44.2 Å². The smallest absolute Gasteiger partial charge is 0.197 e. The standard InChI is InChI=1S/C17H20N2OS/c1-3-10-18-14(16-9-8-12(2)21-16)11-17-19-13-6-4-5-7-15(13)20-17/h4-9,14,18H,3,10-11H2,1-2H3. The van der Waals surface area contributed by atoms with E-state index in [1.165, 1.54) is 9.75 Å². The van der Waals surface area contributed by atoms with Crippen LogP contribution in [0, 0.1) is 6.92 Å². The summed E-state index contributed by atoms with van der Waals surface area (Å²) in [5.74, 6) is 0.802. The number of aryl methyl sites for hydroxylation is 1. The number of thiophene rings is 1. The van der Waals surface area contributed by atoms with Crippen LogP contribution < -0.4 is 5.32 Å². The van der Waals surface area contributed by atoms with E-state index in [2.05, 4.69) is 36.3 Å². The topological polar surface area (TPSA) is 38.1 Å². The van der Waals surface area contributed by atoms with Gasteiger partial charge in [-0.3, -0.25) is 0 Å². The van der Waals surface area contributed by atoms with E-state index in [0.717, 1.165) is 36.4 Å². The Balaban J connectivity index is 1.83. The highest BCUT2D eigenvalue weighted by Crippen LogP contribution is 2.26. The number of fused-ring (bicyclic) bond motifs is 1. The summed E-state index contributed by atoms with van der Waals surface area (Å²) in [7, 11) is 0. The van der Waals surface area contributed by atoms with E-state index >= 15 is 0 Å². The number of hydrogen-bond acceptors (Lipinski definition) is 4. The molecule has 0 aliphatic carbocycles. The Morgan fingerprint density at radius 1 is 1.24 bits per heavy atom. The molecular formula is C17H20N2OS. The summed E-state index contributed by atoms with van der Waals surface area (Å²) in [5, 5.41) is 3.60. The van der Waals surface area contributed by atoms with Gasteiger partial charge in [-0.25, -0.2) is 4.98 Å². The average Bonchev–Trinajstić information content (AvgIpc) is 3.08. The highest BCUT2D eigenvalue weighted by Gasteiger charge is 2.17. The molecule has 0 bridgehead atoms. The van der Waals surface area contributed by atoms with Gasteiger partial charge in [0.15, 0.2) is 11.5 Å². The SMILES string of the molecule is CCCNC(Cc1nc2ccccc2o1)c1ccc(C)s1. The summed E-state index contributed by atoms with van der Waals surface area (Å²) in [6, 6.07) is 12.6. The second-order valence-electron chi connectivity index (χ2n) is 5.23. The normalized spacial score (nSPS) is 12.9. The average molecular weight is 300 g/mol. The summed E-state index contributed by atoms with van der Waals surface area (Å²) >= 11 is 1.84. The largest absolute Gasteiger partial charge is 0.441 e. The van der Waals surface area contributed by atoms with Gasteiger partial charge in [0, 0.05) is 16.2 Å². The molecule has 3 rings (SSSR count). The number of hydrogen-bond donors (Lipinski definition) is 1. The number of oxazole rings is 1. The molecule has 0 amide bonds.